The van der Waals surface area contributed by atoms with Crippen molar-refractivity contribution < 1.29 is 19.1 Å². The van der Waals surface area contributed by atoms with Gasteiger partial charge in [-0.3, -0.25) is 19.3 Å². The van der Waals surface area contributed by atoms with Crippen LogP contribution in [0.25, 0.3) is 0 Å². The Balaban J connectivity index is 1.68. The van der Waals surface area contributed by atoms with Crippen LogP contribution in [0.5, 0.6) is 5.75 Å². The van der Waals surface area contributed by atoms with Crippen molar-refractivity contribution in [1.82, 2.24) is 10.2 Å². The lowest BCUT2D eigenvalue weighted by molar-refractivity contribution is -0.143. The van der Waals surface area contributed by atoms with Gasteiger partial charge in [0.1, 0.15) is 12.3 Å². The highest BCUT2D eigenvalue weighted by molar-refractivity contribution is 6.07. The average Bonchev–Trinajstić information content (AvgIpc) is 2.91. The Morgan fingerprint density at radius 2 is 1.81 bits per heavy atom. The van der Waals surface area contributed by atoms with Gasteiger partial charge in [0.05, 0.1) is 25.0 Å². The van der Waals surface area contributed by atoms with Gasteiger partial charge in [-0.1, -0.05) is 37.3 Å². The number of methoxy groups -OCH3 is 1. The Morgan fingerprint density at radius 3 is 2.38 bits per heavy atom. The van der Waals surface area contributed by atoms with E-state index in [0.29, 0.717) is 25.0 Å². The third-order valence-electron chi connectivity index (χ3n) is 5.16. The van der Waals surface area contributed by atoms with Crippen LogP contribution in [0.3, 0.4) is 0 Å². The maximum Gasteiger partial charge on any atom is 0.240 e. The van der Waals surface area contributed by atoms with Gasteiger partial charge in [-0.25, -0.2) is 0 Å². The highest BCUT2D eigenvalue weighted by atomic mass is 16.5. The number of hydrogen-bond donors (Lipinski definition) is 1. The number of likely N-dealkylation sites (tertiary alicyclic amines) is 1. The lowest BCUT2D eigenvalue weighted by Crippen LogP contribution is -2.42. The van der Waals surface area contributed by atoms with Gasteiger partial charge in [-0.15, -0.1) is 0 Å². The molecule has 1 heterocycles. The second kappa shape index (κ2) is 7.72. The molecule has 0 radical (unpaired) electrons. The fraction of sp³-hybridized carbons (Fsp3) is 0.450. The van der Waals surface area contributed by atoms with E-state index in [9.17, 15) is 14.4 Å². The first-order valence-electron chi connectivity index (χ1n) is 8.99. The van der Waals surface area contributed by atoms with Crippen molar-refractivity contribution in [1.29, 1.82) is 0 Å². The number of hydrogen-bond acceptors (Lipinski definition) is 4. The summed E-state index contributed by atoms with van der Waals surface area (Å²) in [6.45, 7) is 1.74. The van der Waals surface area contributed by atoms with Crippen LogP contribution in [0, 0.1) is 11.8 Å². The Labute approximate surface area is 153 Å². The fourth-order valence-corrected chi connectivity index (χ4v) is 3.76. The molecule has 0 saturated carbocycles. The van der Waals surface area contributed by atoms with E-state index in [2.05, 4.69) is 5.32 Å². The summed E-state index contributed by atoms with van der Waals surface area (Å²) in [4.78, 5) is 38.6. The zero-order valence-corrected chi connectivity index (χ0v) is 15.1. The number of amides is 3. The molecule has 0 spiro atoms. The molecule has 26 heavy (non-hydrogen) atoms. The number of fused-ring (bicyclic) bond motifs is 1. The van der Waals surface area contributed by atoms with Gasteiger partial charge in [0, 0.05) is 5.56 Å². The van der Waals surface area contributed by atoms with E-state index >= 15 is 0 Å². The van der Waals surface area contributed by atoms with E-state index in [1.165, 1.54) is 0 Å². The molecule has 6 heteroatoms. The molecule has 1 fully saturated rings. The van der Waals surface area contributed by atoms with Crippen molar-refractivity contribution >= 4 is 17.7 Å². The van der Waals surface area contributed by atoms with Crippen LogP contribution in [0.15, 0.2) is 36.4 Å². The van der Waals surface area contributed by atoms with Gasteiger partial charge < -0.3 is 10.1 Å². The summed E-state index contributed by atoms with van der Waals surface area (Å²) < 4.78 is 5.36. The zero-order valence-electron chi connectivity index (χ0n) is 15.1. The summed E-state index contributed by atoms with van der Waals surface area (Å²) in [7, 11) is 1.59. The predicted molar refractivity (Wildman–Crippen MR) is 96.2 cm³/mol. The van der Waals surface area contributed by atoms with Crippen LogP contribution in [0.1, 0.15) is 37.8 Å². The minimum absolute atomic E-state index is 0.226. The number of ether oxygens (including phenoxy) is 1. The van der Waals surface area contributed by atoms with Gasteiger partial charge in [-0.2, -0.15) is 0 Å². The third-order valence-corrected chi connectivity index (χ3v) is 5.16. The molecule has 1 aliphatic heterocycles. The first-order chi connectivity index (χ1) is 12.6. The van der Waals surface area contributed by atoms with Crippen molar-refractivity contribution in [3.8, 4) is 5.75 Å². The second-order valence-corrected chi connectivity index (χ2v) is 6.69. The lowest BCUT2D eigenvalue weighted by atomic mass is 9.85. The molecule has 3 amide bonds. The van der Waals surface area contributed by atoms with Gasteiger partial charge in [-0.05, 0) is 25.3 Å². The molecule has 3 rings (SSSR count). The highest BCUT2D eigenvalue weighted by Crippen LogP contribution is 2.35. The van der Waals surface area contributed by atoms with Crippen molar-refractivity contribution in [3.63, 3.8) is 0 Å². The first-order valence-corrected chi connectivity index (χ1v) is 8.99. The number of imide groups is 1. The van der Waals surface area contributed by atoms with Gasteiger partial charge in [0.25, 0.3) is 0 Å². The van der Waals surface area contributed by atoms with Crippen molar-refractivity contribution in [2.75, 3.05) is 13.7 Å². The highest BCUT2D eigenvalue weighted by Gasteiger charge is 2.47. The molecule has 1 saturated heterocycles. The molecule has 6 nitrogen and oxygen atoms in total. The molecule has 138 valence electrons. The predicted octanol–water partition coefficient (Wildman–Crippen LogP) is 2.21. The summed E-state index contributed by atoms with van der Waals surface area (Å²) in [5.41, 5.74) is 0.878. The number of nitrogens with one attached hydrogen (secondary N) is 1. The standard InChI is InChI=1S/C20H24N2O4/c1-3-16(15-10-6-7-11-17(15)26-2)21-18(23)12-22-19(24)13-8-4-5-9-14(13)20(22)25/h4-7,10-11,13-14,16H,3,8-9,12H2,1-2H3,(H,21,23). The van der Waals surface area contributed by atoms with E-state index in [1.54, 1.807) is 7.11 Å². The number of allylic oxidation sites excluding steroid dienone is 2. The number of carbonyl (C=O) groups is 3. The molecule has 3 atom stereocenters. The number of rotatable bonds is 6. The minimum atomic E-state index is -0.337. The Hall–Kier alpha value is -2.63. The van der Waals surface area contributed by atoms with Crippen molar-refractivity contribution in [3.05, 3.63) is 42.0 Å². The Bertz CT molecular complexity index is 717. The molecule has 0 aromatic heterocycles. The van der Waals surface area contributed by atoms with Crippen LogP contribution in [-0.2, 0) is 14.4 Å². The molecule has 1 N–H and O–H groups in total. The molecule has 2 aliphatic rings. The SMILES string of the molecule is CCC(NC(=O)CN1C(=O)C2CC=CCC2C1=O)c1ccccc1OC. The van der Waals surface area contributed by atoms with Crippen LogP contribution < -0.4 is 10.1 Å². The van der Waals surface area contributed by atoms with Crippen molar-refractivity contribution in [2.24, 2.45) is 11.8 Å². The van der Waals surface area contributed by atoms with E-state index < -0.39 is 0 Å². The van der Waals surface area contributed by atoms with E-state index in [-0.39, 0.29) is 42.1 Å². The molecule has 1 aromatic rings. The van der Waals surface area contributed by atoms with Crippen molar-refractivity contribution in [2.45, 2.75) is 32.2 Å². The topological polar surface area (TPSA) is 75.7 Å². The number of nitrogens with zero attached hydrogens (tertiary/aromatic N) is 1. The summed E-state index contributed by atoms with van der Waals surface area (Å²) in [5.74, 6) is -0.719. The van der Waals surface area contributed by atoms with Crippen LogP contribution in [0.2, 0.25) is 0 Å². The minimum Gasteiger partial charge on any atom is -0.496 e. The number of carbonyl (C=O) groups excluding carboxylic acids is 3. The molecular formula is C20H24N2O4. The molecule has 0 bridgehead atoms. The maximum atomic E-state index is 12.5. The smallest absolute Gasteiger partial charge is 0.240 e. The number of benzene rings is 1. The molecule has 1 aliphatic carbocycles. The summed E-state index contributed by atoms with van der Waals surface area (Å²) in [5, 5.41) is 2.93. The number of para-hydroxylation sites is 1. The fourth-order valence-electron chi connectivity index (χ4n) is 3.76. The Kier molecular flexibility index (Phi) is 5.40. The summed E-state index contributed by atoms with van der Waals surface area (Å²) in [6.07, 6.45) is 5.69. The quantitative estimate of drug-likeness (QED) is 0.626. The third kappa shape index (κ3) is 3.36. The molecular weight excluding hydrogens is 332 g/mol. The largest absolute Gasteiger partial charge is 0.496 e. The summed E-state index contributed by atoms with van der Waals surface area (Å²) >= 11 is 0. The Morgan fingerprint density at radius 1 is 1.19 bits per heavy atom. The molecule has 1 aromatic carbocycles. The lowest BCUT2D eigenvalue weighted by Gasteiger charge is -2.21. The van der Waals surface area contributed by atoms with Gasteiger partial charge >= 0.3 is 0 Å². The average molecular weight is 356 g/mol. The van der Waals surface area contributed by atoms with E-state index in [4.69, 9.17) is 4.74 Å². The first kappa shape index (κ1) is 18.2. The monoisotopic (exact) mass is 356 g/mol. The van der Waals surface area contributed by atoms with Gasteiger partial charge in [0.15, 0.2) is 0 Å². The summed E-state index contributed by atoms with van der Waals surface area (Å²) in [6, 6.07) is 7.26. The van der Waals surface area contributed by atoms with Crippen LogP contribution in [0.4, 0.5) is 0 Å². The zero-order chi connectivity index (χ0) is 18.7. The van der Waals surface area contributed by atoms with Crippen LogP contribution >= 0.6 is 0 Å². The molecule has 3 unspecified atom stereocenters. The van der Waals surface area contributed by atoms with Crippen LogP contribution in [-0.4, -0.2) is 36.3 Å². The second-order valence-electron chi connectivity index (χ2n) is 6.69. The maximum absolute atomic E-state index is 12.5. The van der Waals surface area contributed by atoms with E-state index in [0.717, 1.165) is 10.5 Å². The normalized spacial score (nSPS) is 22.9. The van der Waals surface area contributed by atoms with E-state index in [1.807, 2.05) is 43.3 Å². The van der Waals surface area contributed by atoms with Gasteiger partial charge in [0.2, 0.25) is 17.7 Å².